The van der Waals surface area contributed by atoms with Gasteiger partial charge in [-0.3, -0.25) is 4.79 Å². The number of likely N-dealkylation sites (N-methyl/N-ethyl adjacent to an activating group) is 1. The first-order chi connectivity index (χ1) is 11.0. The van der Waals surface area contributed by atoms with Crippen LogP contribution in [-0.2, 0) is 4.79 Å². The number of nitrogens with zero attached hydrogens (tertiary/aromatic N) is 1. The lowest BCUT2D eigenvalue weighted by Gasteiger charge is -2.25. The summed E-state index contributed by atoms with van der Waals surface area (Å²) < 4.78 is 24.5. The van der Waals surface area contributed by atoms with Gasteiger partial charge >= 0.3 is 0 Å². The van der Waals surface area contributed by atoms with Crippen LogP contribution < -0.4 is 9.47 Å². The number of carbonyl (C=O) groups is 1. The highest BCUT2D eigenvalue weighted by Crippen LogP contribution is 2.26. The topological polar surface area (TPSA) is 38.8 Å². The van der Waals surface area contributed by atoms with E-state index in [-0.39, 0.29) is 24.4 Å². The van der Waals surface area contributed by atoms with Gasteiger partial charge in [0.1, 0.15) is 5.82 Å². The van der Waals surface area contributed by atoms with Crippen LogP contribution in [0, 0.1) is 5.82 Å². The van der Waals surface area contributed by atoms with Crippen LogP contribution in [0.1, 0.15) is 18.5 Å². The minimum absolute atomic E-state index is 0.143. The summed E-state index contributed by atoms with van der Waals surface area (Å²) in [7, 11) is 3.17. The van der Waals surface area contributed by atoms with Crippen molar-refractivity contribution in [2.45, 2.75) is 13.0 Å². The molecule has 122 valence electrons. The van der Waals surface area contributed by atoms with Crippen LogP contribution in [0.5, 0.6) is 11.5 Å². The van der Waals surface area contributed by atoms with Crippen LogP contribution in [-0.4, -0.2) is 31.6 Å². The molecule has 1 amide bonds. The highest BCUT2D eigenvalue weighted by molar-refractivity contribution is 5.78. The van der Waals surface area contributed by atoms with E-state index < -0.39 is 0 Å². The lowest BCUT2D eigenvalue weighted by atomic mass is 10.1. The summed E-state index contributed by atoms with van der Waals surface area (Å²) in [5, 5.41) is 0. The van der Waals surface area contributed by atoms with E-state index in [1.165, 1.54) is 18.1 Å². The maximum absolute atomic E-state index is 13.8. The largest absolute Gasteiger partial charge is 0.493 e. The highest BCUT2D eigenvalue weighted by atomic mass is 19.1. The first-order valence-corrected chi connectivity index (χ1v) is 7.30. The standard InChI is InChI=1S/C18H20FNO3/c1-13(14-8-4-5-9-15(14)19)20(2)18(21)12-23-17-11-7-6-10-16(17)22-3/h4-11,13H,12H2,1-3H3/t13-/m0/s1. The predicted octanol–water partition coefficient (Wildman–Crippen LogP) is 3.43. The van der Waals surface area contributed by atoms with Crippen molar-refractivity contribution in [2.24, 2.45) is 0 Å². The van der Waals surface area contributed by atoms with E-state index >= 15 is 0 Å². The van der Waals surface area contributed by atoms with Gasteiger partial charge in [-0.2, -0.15) is 0 Å². The van der Waals surface area contributed by atoms with Gasteiger partial charge in [0.25, 0.3) is 5.91 Å². The average molecular weight is 317 g/mol. The molecule has 0 spiro atoms. The molecule has 23 heavy (non-hydrogen) atoms. The number of para-hydroxylation sites is 2. The Balaban J connectivity index is 2.01. The van der Waals surface area contributed by atoms with E-state index in [1.807, 2.05) is 6.07 Å². The average Bonchev–Trinajstić information content (AvgIpc) is 2.59. The summed E-state index contributed by atoms with van der Waals surface area (Å²) in [6.45, 7) is 1.63. The third-order valence-electron chi connectivity index (χ3n) is 3.75. The molecule has 0 fully saturated rings. The molecule has 4 nitrogen and oxygen atoms in total. The van der Waals surface area contributed by atoms with Crippen LogP contribution in [0.15, 0.2) is 48.5 Å². The summed E-state index contributed by atoms with van der Waals surface area (Å²) in [6, 6.07) is 13.1. The van der Waals surface area contributed by atoms with Gasteiger partial charge in [0.15, 0.2) is 18.1 Å². The number of methoxy groups -OCH3 is 1. The normalized spacial score (nSPS) is 11.7. The lowest BCUT2D eigenvalue weighted by Crippen LogP contribution is -2.34. The number of halogens is 1. The van der Waals surface area contributed by atoms with Crippen molar-refractivity contribution in [2.75, 3.05) is 20.8 Å². The van der Waals surface area contributed by atoms with Crippen LogP contribution >= 0.6 is 0 Å². The van der Waals surface area contributed by atoms with Gasteiger partial charge in [-0.25, -0.2) is 4.39 Å². The van der Waals surface area contributed by atoms with E-state index in [2.05, 4.69) is 0 Å². The number of hydrogen-bond donors (Lipinski definition) is 0. The van der Waals surface area contributed by atoms with Crippen molar-refractivity contribution < 1.29 is 18.7 Å². The molecule has 5 heteroatoms. The van der Waals surface area contributed by atoms with Gasteiger partial charge in [-0.1, -0.05) is 30.3 Å². The molecule has 0 bridgehead atoms. The maximum atomic E-state index is 13.8. The predicted molar refractivity (Wildman–Crippen MR) is 86.1 cm³/mol. The second kappa shape index (κ2) is 7.63. The Morgan fingerprint density at radius 3 is 2.39 bits per heavy atom. The van der Waals surface area contributed by atoms with E-state index in [9.17, 15) is 9.18 Å². The molecular formula is C18H20FNO3. The van der Waals surface area contributed by atoms with Gasteiger partial charge < -0.3 is 14.4 Å². The Kier molecular flexibility index (Phi) is 5.57. The van der Waals surface area contributed by atoms with Gasteiger partial charge in [0.05, 0.1) is 13.2 Å². The molecule has 0 aliphatic rings. The summed E-state index contributed by atoms with van der Waals surface area (Å²) >= 11 is 0. The Morgan fingerprint density at radius 2 is 1.74 bits per heavy atom. The summed E-state index contributed by atoms with van der Waals surface area (Å²) in [5.74, 6) is 0.484. The van der Waals surface area contributed by atoms with Crippen LogP contribution in [0.2, 0.25) is 0 Å². The minimum atomic E-state index is -0.384. The first-order valence-electron chi connectivity index (χ1n) is 7.30. The zero-order chi connectivity index (χ0) is 16.8. The quantitative estimate of drug-likeness (QED) is 0.819. The second-order valence-corrected chi connectivity index (χ2v) is 5.14. The third-order valence-corrected chi connectivity index (χ3v) is 3.75. The van der Waals surface area contributed by atoms with E-state index in [1.54, 1.807) is 50.4 Å². The van der Waals surface area contributed by atoms with E-state index in [0.29, 0.717) is 17.1 Å². The third kappa shape index (κ3) is 4.00. The number of amides is 1. The van der Waals surface area contributed by atoms with Gasteiger partial charge in [-0.15, -0.1) is 0 Å². The SMILES string of the molecule is COc1ccccc1OCC(=O)N(C)[C@@H](C)c1ccccc1F. The molecule has 0 aliphatic carbocycles. The highest BCUT2D eigenvalue weighted by Gasteiger charge is 2.20. The van der Waals surface area contributed by atoms with Crippen molar-refractivity contribution in [3.63, 3.8) is 0 Å². The summed E-state index contributed by atoms with van der Waals surface area (Å²) in [5.41, 5.74) is 0.473. The smallest absolute Gasteiger partial charge is 0.260 e. The molecule has 0 unspecified atom stereocenters. The summed E-state index contributed by atoms with van der Waals surface area (Å²) in [6.07, 6.45) is 0. The van der Waals surface area contributed by atoms with Crippen LogP contribution in [0.3, 0.4) is 0 Å². The Morgan fingerprint density at radius 1 is 1.13 bits per heavy atom. The van der Waals surface area contributed by atoms with Crippen molar-refractivity contribution in [1.29, 1.82) is 0 Å². The molecule has 0 N–H and O–H groups in total. The molecule has 0 aliphatic heterocycles. The Bertz CT molecular complexity index is 675. The molecule has 0 aromatic heterocycles. The second-order valence-electron chi connectivity index (χ2n) is 5.14. The molecular weight excluding hydrogens is 297 g/mol. The molecule has 1 atom stereocenters. The monoisotopic (exact) mass is 317 g/mol. The lowest BCUT2D eigenvalue weighted by molar-refractivity contribution is -0.134. The summed E-state index contributed by atoms with van der Waals surface area (Å²) in [4.78, 5) is 13.7. The minimum Gasteiger partial charge on any atom is -0.493 e. The maximum Gasteiger partial charge on any atom is 0.260 e. The number of ether oxygens (including phenoxy) is 2. The first kappa shape index (κ1) is 16.8. The van der Waals surface area contributed by atoms with Crippen LogP contribution in [0.25, 0.3) is 0 Å². The van der Waals surface area contributed by atoms with E-state index in [0.717, 1.165) is 0 Å². The van der Waals surface area contributed by atoms with Gasteiger partial charge in [-0.05, 0) is 25.1 Å². The van der Waals surface area contributed by atoms with Gasteiger partial charge in [0.2, 0.25) is 0 Å². The fraction of sp³-hybridized carbons (Fsp3) is 0.278. The number of hydrogen-bond acceptors (Lipinski definition) is 3. The number of carbonyl (C=O) groups excluding carboxylic acids is 1. The number of rotatable bonds is 6. The molecule has 0 heterocycles. The Labute approximate surface area is 135 Å². The molecule has 0 radical (unpaired) electrons. The fourth-order valence-electron chi connectivity index (χ4n) is 2.22. The molecule has 2 rings (SSSR count). The zero-order valence-corrected chi connectivity index (χ0v) is 13.5. The Hall–Kier alpha value is -2.56. The molecule has 0 saturated heterocycles. The van der Waals surface area contributed by atoms with Crippen molar-refractivity contribution >= 4 is 5.91 Å². The molecule has 0 saturated carbocycles. The van der Waals surface area contributed by atoms with Crippen molar-refractivity contribution in [3.05, 3.63) is 59.9 Å². The zero-order valence-electron chi connectivity index (χ0n) is 13.5. The van der Waals surface area contributed by atoms with Crippen molar-refractivity contribution in [3.8, 4) is 11.5 Å². The van der Waals surface area contributed by atoms with Crippen LogP contribution in [0.4, 0.5) is 4.39 Å². The fourth-order valence-corrected chi connectivity index (χ4v) is 2.22. The van der Waals surface area contributed by atoms with Crippen molar-refractivity contribution in [1.82, 2.24) is 4.90 Å². The van der Waals surface area contributed by atoms with Gasteiger partial charge in [0, 0.05) is 12.6 Å². The molecule has 2 aromatic rings. The van der Waals surface area contributed by atoms with E-state index in [4.69, 9.17) is 9.47 Å². The number of benzene rings is 2. The molecule has 2 aromatic carbocycles.